The fourth-order valence-corrected chi connectivity index (χ4v) is 1.95. The molecule has 0 aromatic heterocycles. The minimum Gasteiger partial charge on any atom is -0.489 e. The minimum atomic E-state index is -0.243. The summed E-state index contributed by atoms with van der Waals surface area (Å²) in [4.78, 5) is 2.32. The predicted octanol–water partition coefficient (Wildman–Crippen LogP) is 1.42. The molecule has 0 amide bonds. The highest BCUT2D eigenvalue weighted by molar-refractivity contribution is 5.29. The van der Waals surface area contributed by atoms with E-state index in [9.17, 15) is 4.39 Å². The smallest absolute Gasteiger partial charge is 0.167 e. The van der Waals surface area contributed by atoms with Crippen molar-refractivity contribution in [3.63, 3.8) is 0 Å². The van der Waals surface area contributed by atoms with Crippen LogP contribution in [0.25, 0.3) is 0 Å². The first-order chi connectivity index (χ1) is 8.27. The van der Waals surface area contributed by atoms with Gasteiger partial charge in [-0.3, -0.25) is 4.90 Å². The number of halogens is 1. The number of ether oxygens (including phenoxy) is 1. The fraction of sp³-hybridized carbons (Fsp3) is 0.538. The Balaban J connectivity index is 1.79. The van der Waals surface area contributed by atoms with Crippen molar-refractivity contribution in [2.45, 2.75) is 6.92 Å². The summed E-state index contributed by atoms with van der Waals surface area (Å²) in [5, 5.41) is 3.30. The average Bonchev–Trinajstić information content (AvgIpc) is 2.36. The Hall–Kier alpha value is -1.13. The summed E-state index contributed by atoms with van der Waals surface area (Å²) in [6, 6.07) is 5.25. The summed E-state index contributed by atoms with van der Waals surface area (Å²) >= 11 is 0. The number of benzene rings is 1. The molecule has 1 aliphatic rings. The topological polar surface area (TPSA) is 24.5 Å². The molecule has 1 aliphatic heterocycles. The number of piperazine rings is 1. The highest BCUT2D eigenvalue weighted by atomic mass is 19.1. The number of hydrogen-bond donors (Lipinski definition) is 1. The predicted molar refractivity (Wildman–Crippen MR) is 65.9 cm³/mol. The molecule has 0 bridgehead atoms. The van der Waals surface area contributed by atoms with Gasteiger partial charge in [0, 0.05) is 32.7 Å². The SMILES string of the molecule is Cc1cccc(OCCN2CCNCC2)c1F. The molecular formula is C13H19FN2O. The van der Waals surface area contributed by atoms with E-state index in [1.54, 1.807) is 19.1 Å². The van der Waals surface area contributed by atoms with Crippen LogP contribution in [0.1, 0.15) is 5.56 Å². The largest absolute Gasteiger partial charge is 0.489 e. The van der Waals surface area contributed by atoms with Crippen molar-refractivity contribution in [3.8, 4) is 5.75 Å². The van der Waals surface area contributed by atoms with Crippen molar-refractivity contribution in [3.05, 3.63) is 29.6 Å². The van der Waals surface area contributed by atoms with Crippen molar-refractivity contribution in [2.75, 3.05) is 39.3 Å². The molecule has 0 radical (unpaired) electrons. The van der Waals surface area contributed by atoms with Crippen molar-refractivity contribution in [1.29, 1.82) is 0 Å². The molecule has 94 valence electrons. The van der Waals surface area contributed by atoms with Crippen LogP contribution >= 0.6 is 0 Å². The molecule has 1 heterocycles. The first-order valence-electron chi connectivity index (χ1n) is 6.08. The lowest BCUT2D eigenvalue weighted by Crippen LogP contribution is -2.44. The summed E-state index contributed by atoms with van der Waals surface area (Å²) in [6.45, 7) is 7.28. The molecule has 1 aromatic carbocycles. The van der Waals surface area contributed by atoms with Gasteiger partial charge in [0.05, 0.1) is 0 Å². The van der Waals surface area contributed by atoms with Crippen LogP contribution in [0.4, 0.5) is 4.39 Å². The van der Waals surface area contributed by atoms with Crippen LogP contribution < -0.4 is 10.1 Å². The fourth-order valence-electron chi connectivity index (χ4n) is 1.95. The van der Waals surface area contributed by atoms with Crippen molar-refractivity contribution in [2.24, 2.45) is 0 Å². The lowest BCUT2D eigenvalue weighted by molar-refractivity contribution is 0.188. The zero-order valence-corrected chi connectivity index (χ0v) is 10.2. The molecule has 0 aliphatic carbocycles. The van der Waals surface area contributed by atoms with Crippen LogP contribution in [0.3, 0.4) is 0 Å². The normalized spacial score (nSPS) is 17.1. The van der Waals surface area contributed by atoms with Gasteiger partial charge < -0.3 is 10.1 Å². The Bertz CT molecular complexity index is 364. The molecule has 4 heteroatoms. The maximum absolute atomic E-state index is 13.6. The van der Waals surface area contributed by atoms with Gasteiger partial charge in [-0.05, 0) is 18.6 Å². The molecule has 2 rings (SSSR count). The summed E-state index contributed by atoms with van der Waals surface area (Å²) in [6.07, 6.45) is 0. The third-order valence-corrected chi connectivity index (χ3v) is 3.03. The van der Waals surface area contributed by atoms with Gasteiger partial charge in [0.1, 0.15) is 6.61 Å². The van der Waals surface area contributed by atoms with E-state index in [2.05, 4.69) is 10.2 Å². The van der Waals surface area contributed by atoms with Crippen LogP contribution in [0.15, 0.2) is 18.2 Å². The molecule has 1 saturated heterocycles. The summed E-state index contributed by atoms with van der Waals surface area (Å²) < 4.78 is 19.1. The molecule has 0 atom stereocenters. The molecule has 0 spiro atoms. The van der Waals surface area contributed by atoms with E-state index >= 15 is 0 Å². The first-order valence-corrected chi connectivity index (χ1v) is 6.08. The minimum absolute atomic E-state index is 0.243. The van der Waals surface area contributed by atoms with E-state index in [1.807, 2.05) is 6.07 Å². The molecule has 0 saturated carbocycles. The first kappa shape index (κ1) is 12.3. The van der Waals surface area contributed by atoms with Gasteiger partial charge in [-0.2, -0.15) is 0 Å². The van der Waals surface area contributed by atoms with E-state index in [1.165, 1.54) is 0 Å². The van der Waals surface area contributed by atoms with Gasteiger partial charge in [0.15, 0.2) is 11.6 Å². The molecule has 17 heavy (non-hydrogen) atoms. The highest BCUT2D eigenvalue weighted by Gasteiger charge is 2.10. The van der Waals surface area contributed by atoms with Gasteiger partial charge in [-0.25, -0.2) is 4.39 Å². The number of nitrogens with one attached hydrogen (secondary N) is 1. The van der Waals surface area contributed by atoms with Gasteiger partial charge in [0.2, 0.25) is 0 Å². The van der Waals surface area contributed by atoms with Crippen molar-refractivity contribution in [1.82, 2.24) is 10.2 Å². The molecule has 1 aromatic rings. The van der Waals surface area contributed by atoms with Crippen LogP contribution in [-0.2, 0) is 0 Å². The number of hydrogen-bond acceptors (Lipinski definition) is 3. The molecular weight excluding hydrogens is 219 g/mol. The highest BCUT2D eigenvalue weighted by Crippen LogP contribution is 2.19. The Morgan fingerprint density at radius 3 is 2.88 bits per heavy atom. The molecule has 0 unspecified atom stereocenters. The Morgan fingerprint density at radius 1 is 1.35 bits per heavy atom. The zero-order chi connectivity index (χ0) is 12.1. The van der Waals surface area contributed by atoms with E-state index in [4.69, 9.17) is 4.74 Å². The van der Waals surface area contributed by atoms with E-state index < -0.39 is 0 Å². The molecule has 3 nitrogen and oxygen atoms in total. The lowest BCUT2D eigenvalue weighted by Gasteiger charge is -2.26. The second-order valence-electron chi connectivity index (χ2n) is 4.33. The third kappa shape index (κ3) is 3.41. The molecule has 1 fully saturated rings. The third-order valence-electron chi connectivity index (χ3n) is 3.03. The zero-order valence-electron chi connectivity index (χ0n) is 10.2. The maximum atomic E-state index is 13.6. The van der Waals surface area contributed by atoms with Gasteiger partial charge in [-0.1, -0.05) is 12.1 Å². The van der Waals surface area contributed by atoms with Gasteiger partial charge >= 0.3 is 0 Å². The quantitative estimate of drug-likeness (QED) is 0.858. The van der Waals surface area contributed by atoms with Crippen LogP contribution in [-0.4, -0.2) is 44.2 Å². The average molecular weight is 238 g/mol. The molecule has 1 N–H and O–H groups in total. The van der Waals surface area contributed by atoms with Gasteiger partial charge in [-0.15, -0.1) is 0 Å². The van der Waals surface area contributed by atoms with E-state index in [0.29, 0.717) is 17.9 Å². The van der Waals surface area contributed by atoms with Crippen LogP contribution in [0.2, 0.25) is 0 Å². The lowest BCUT2D eigenvalue weighted by atomic mass is 10.2. The second-order valence-corrected chi connectivity index (χ2v) is 4.33. The van der Waals surface area contributed by atoms with E-state index in [0.717, 1.165) is 32.7 Å². The van der Waals surface area contributed by atoms with Crippen molar-refractivity contribution < 1.29 is 9.13 Å². The number of aryl methyl sites for hydroxylation is 1. The summed E-state index contributed by atoms with van der Waals surface area (Å²) in [5.74, 6) is 0.118. The monoisotopic (exact) mass is 238 g/mol. The van der Waals surface area contributed by atoms with Crippen LogP contribution in [0, 0.1) is 12.7 Å². The Kier molecular flexibility index (Phi) is 4.34. The number of rotatable bonds is 4. The Morgan fingerprint density at radius 2 is 2.12 bits per heavy atom. The Labute approximate surface area is 102 Å². The summed E-state index contributed by atoms with van der Waals surface area (Å²) in [5.41, 5.74) is 0.629. The maximum Gasteiger partial charge on any atom is 0.167 e. The second kappa shape index (κ2) is 5.98. The van der Waals surface area contributed by atoms with Gasteiger partial charge in [0.25, 0.3) is 0 Å². The van der Waals surface area contributed by atoms with Crippen molar-refractivity contribution >= 4 is 0 Å². The van der Waals surface area contributed by atoms with Crippen LogP contribution in [0.5, 0.6) is 5.75 Å². The standard InChI is InChI=1S/C13H19FN2O/c1-11-3-2-4-12(13(11)14)17-10-9-16-7-5-15-6-8-16/h2-4,15H,5-10H2,1H3. The summed E-state index contributed by atoms with van der Waals surface area (Å²) in [7, 11) is 0. The van der Waals surface area contributed by atoms with E-state index in [-0.39, 0.29) is 5.82 Å². The number of nitrogens with zero attached hydrogens (tertiary/aromatic N) is 1.